The molecule has 27 heavy (non-hydrogen) atoms. The summed E-state index contributed by atoms with van der Waals surface area (Å²) < 4.78 is 8.44. The van der Waals surface area contributed by atoms with Crippen molar-refractivity contribution < 1.29 is 9.21 Å². The van der Waals surface area contributed by atoms with Gasteiger partial charge in [-0.2, -0.15) is 5.10 Å². The van der Waals surface area contributed by atoms with E-state index >= 15 is 0 Å². The number of nitrogens with one attached hydrogen (secondary N) is 1. The quantitative estimate of drug-likeness (QED) is 0.546. The fourth-order valence-corrected chi connectivity index (χ4v) is 3.16. The van der Waals surface area contributed by atoms with Crippen LogP contribution in [0.4, 0.5) is 0 Å². The summed E-state index contributed by atoms with van der Waals surface area (Å²) in [6, 6.07) is 13.5. The van der Waals surface area contributed by atoms with Crippen LogP contribution in [0.5, 0.6) is 0 Å². The molecule has 4 aromatic rings. The molecule has 1 N–H and O–H groups in total. The Morgan fingerprint density at radius 3 is 2.85 bits per heavy atom. The Labute approximate surface area is 155 Å². The van der Waals surface area contributed by atoms with E-state index in [1.54, 1.807) is 29.1 Å². The molecule has 0 unspecified atom stereocenters. The number of carbonyl (C=O) groups excluding carboxylic acids is 1. The Balaban J connectivity index is 1.30. The Bertz CT molecular complexity index is 1120. The molecule has 0 radical (unpaired) electrons. The highest BCUT2D eigenvalue weighted by Gasteiger charge is 2.11. The first-order valence-corrected chi connectivity index (χ1v) is 8.97. The summed E-state index contributed by atoms with van der Waals surface area (Å²) in [6.07, 6.45) is 4.90. The number of aryl methyl sites for hydroxylation is 1. The van der Waals surface area contributed by atoms with Crippen LogP contribution in [0.1, 0.15) is 18.4 Å². The highest BCUT2D eigenvalue weighted by Crippen LogP contribution is 2.18. The minimum absolute atomic E-state index is 0.0137. The second-order valence-corrected chi connectivity index (χ2v) is 6.42. The molecule has 1 aromatic carbocycles. The number of aromatic nitrogens is 3. The van der Waals surface area contributed by atoms with Crippen molar-refractivity contribution in [1.82, 2.24) is 19.5 Å². The lowest BCUT2D eigenvalue weighted by Crippen LogP contribution is -2.27. The molecule has 0 saturated heterocycles. The Hall–Kier alpha value is -3.35. The van der Waals surface area contributed by atoms with Crippen LogP contribution in [0.3, 0.4) is 0 Å². The van der Waals surface area contributed by atoms with Gasteiger partial charge >= 0.3 is 0 Å². The summed E-state index contributed by atoms with van der Waals surface area (Å²) >= 11 is 0. The minimum Gasteiger partial charge on any atom is -0.463 e. The van der Waals surface area contributed by atoms with Crippen molar-refractivity contribution in [1.29, 1.82) is 0 Å². The van der Waals surface area contributed by atoms with Crippen molar-refractivity contribution in [3.05, 3.63) is 71.0 Å². The van der Waals surface area contributed by atoms with Crippen molar-refractivity contribution in [2.24, 2.45) is 0 Å². The molecule has 4 rings (SSSR count). The highest BCUT2D eigenvalue weighted by atomic mass is 16.3. The van der Waals surface area contributed by atoms with E-state index in [2.05, 4.69) is 10.4 Å². The van der Waals surface area contributed by atoms with Crippen LogP contribution in [0.25, 0.3) is 16.6 Å². The molecule has 1 amide bonds. The molecule has 0 atom stereocenters. The lowest BCUT2D eigenvalue weighted by molar-refractivity contribution is -0.121. The van der Waals surface area contributed by atoms with Crippen LogP contribution in [0.2, 0.25) is 0 Å². The standard InChI is InChI=1S/C20H20N4O3/c25-19(21-10-8-15-5-2-1-3-6-15)7-4-11-24-20(26)17-13-18-16(9-12-27-18)23(17)14-22-24/h1-3,5-6,9,12-14H,4,7-8,10-11H2,(H,21,25). The number of nitrogens with zero attached hydrogens (tertiary/aromatic N) is 3. The van der Waals surface area contributed by atoms with Crippen LogP contribution in [0.15, 0.2) is 64.3 Å². The third-order valence-corrected chi connectivity index (χ3v) is 4.57. The number of hydrogen-bond donors (Lipinski definition) is 1. The van der Waals surface area contributed by atoms with Crippen molar-refractivity contribution in [3.63, 3.8) is 0 Å². The van der Waals surface area contributed by atoms with E-state index in [4.69, 9.17) is 4.42 Å². The summed E-state index contributed by atoms with van der Waals surface area (Å²) in [5, 5.41) is 7.11. The van der Waals surface area contributed by atoms with Gasteiger partial charge in [-0.15, -0.1) is 0 Å². The number of amides is 1. The molecule has 0 aliphatic carbocycles. The van der Waals surface area contributed by atoms with E-state index in [9.17, 15) is 9.59 Å². The smallest absolute Gasteiger partial charge is 0.291 e. The summed E-state index contributed by atoms with van der Waals surface area (Å²) in [5.41, 5.74) is 3.00. The van der Waals surface area contributed by atoms with Crippen LogP contribution in [-0.2, 0) is 17.8 Å². The molecular weight excluding hydrogens is 344 g/mol. The van der Waals surface area contributed by atoms with Crippen molar-refractivity contribution in [3.8, 4) is 0 Å². The van der Waals surface area contributed by atoms with E-state index < -0.39 is 0 Å². The number of fused-ring (bicyclic) bond motifs is 3. The van der Waals surface area contributed by atoms with Gasteiger partial charge in [0.2, 0.25) is 5.91 Å². The van der Waals surface area contributed by atoms with Gasteiger partial charge in [0.1, 0.15) is 11.8 Å². The molecular formula is C20H20N4O3. The van der Waals surface area contributed by atoms with E-state index in [-0.39, 0.29) is 11.5 Å². The van der Waals surface area contributed by atoms with Crippen LogP contribution in [-0.4, -0.2) is 26.6 Å². The molecule has 138 valence electrons. The zero-order chi connectivity index (χ0) is 18.6. The number of hydrogen-bond acceptors (Lipinski definition) is 4. The first kappa shape index (κ1) is 17.1. The molecule has 0 aliphatic heterocycles. The molecule has 0 saturated carbocycles. The predicted octanol–water partition coefficient (Wildman–Crippen LogP) is 2.38. The summed E-state index contributed by atoms with van der Waals surface area (Å²) in [6.45, 7) is 1.00. The average molecular weight is 364 g/mol. The number of rotatable bonds is 7. The van der Waals surface area contributed by atoms with Crippen LogP contribution in [0, 0.1) is 0 Å². The first-order valence-electron chi connectivity index (χ1n) is 8.97. The fourth-order valence-electron chi connectivity index (χ4n) is 3.16. The molecule has 0 aliphatic rings. The van der Waals surface area contributed by atoms with Gasteiger partial charge < -0.3 is 9.73 Å². The first-order chi connectivity index (χ1) is 13.2. The Morgan fingerprint density at radius 1 is 1.15 bits per heavy atom. The van der Waals surface area contributed by atoms with E-state index in [0.717, 1.165) is 11.9 Å². The number of furan rings is 1. The second-order valence-electron chi connectivity index (χ2n) is 6.42. The molecule has 0 fully saturated rings. The molecule has 0 spiro atoms. The van der Waals surface area contributed by atoms with Gasteiger partial charge in [0, 0.05) is 31.6 Å². The lowest BCUT2D eigenvalue weighted by atomic mass is 10.1. The summed E-state index contributed by atoms with van der Waals surface area (Å²) in [4.78, 5) is 24.5. The molecule has 0 bridgehead atoms. The Kier molecular flexibility index (Phi) is 4.74. The van der Waals surface area contributed by atoms with Crippen molar-refractivity contribution >= 4 is 22.5 Å². The SMILES string of the molecule is O=C(CCCn1ncn2c(cc3occc32)c1=O)NCCc1ccccc1. The monoisotopic (exact) mass is 364 g/mol. The fraction of sp³-hybridized carbons (Fsp3) is 0.250. The predicted molar refractivity (Wildman–Crippen MR) is 102 cm³/mol. The van der Waals surface area contributed by atoms with Gasteiger partial charge in [0.25, 0.3) is 5.56 Å². The van der Waals surface area contributed by atoms with Gasteiger partial charge in [-0.1, -0.05) is 30.3 Å². The van der Waals surface area contributed by atoms with Crippen LogP contribution >= 0.6 is 0 Å². The largest absolute Gasteiger partial charge is 0.463 e. The van der Waals surface area contributed by atoms with Gasteiger partial charge in [-0.25, -0.2) is 4.68 Å². The van der Waals surface area contributed by atoms with E-state index in [0.29, 0.717) is 37.0 Å². The maximum absolute atomic E-state index is 12.5. The zero-order valence-corrected chi connectivity index (χ0v) is 14.8. The van der Waals surface area contributed by atoms with Crippen molar-refractivity contribution in [2.75, 3.05) is 6.54 Å². The zero-order valence-electron chi connectivity index (χ0n) is 14.8. The lowest BCUT2D eigenvalue weighted by Gasteiger charge is -2.07. The normalized spacial score (nSPS) is 11.3. The summed E-state index contributed by atoms with van der Waals surface area (Å²) in [5.74, 6) is -0.0137. The van der Waals surface area contributed by atoms with Gasteiger partial charge in [0.15, 0.2) is 5.58 Å². The molecule has 3 aromatic heterocycles. The van der Waals surface area contributed by atoms with Gasteiger partial charge in [0.05, 0.1) is 11.8 Å². The second kappa shape index (κ2) is 7.49. The highest BCUT2D eigenvalue weighted by molar-refractivity contribution is 5.81. The molecule has 7 nitrogen and oxygen atoms in total. The third kappa shape index (κ3) is 3.62. The summed E-state index contributed by atoms with van der Waals surface area (Å²) in [7, 11) is 0. The minimum atomic E-state index is -0.187. The van der Waals surface area contributed by atoms with Crippen molar-refractivity contribution in [2.45, 2.75) is 25.8 Å². The number of carbonyl (C=O) groups is 1. The van der Waals surface area contributed by atoms with Crippen LogP contribution < -0.4 is 10.9 Å². The van der Waals surface area contributed by atoms with Gasteiger partial charge in [-0.05, 0) is 18.4 Å². The Morgan fingerprint density at radius 2 is 2.00 bits per heavy atom. The molecule has 7 heteroatoms. The maximum Gasteiger partial charge on any atom is 0.291 e. The molecule has 3 heterocycles. The number of benzene rings is 1. The average Bonchev–Trinajstić information content (AvgIpc) is 3.26. The maximum atomic E-state index is 12.5. The van der Waals surface area contributed by atoms with E-state index in [1.807, 2.05) is 30.3 Å². The third-order valence-electron chi connectivity index (χ3n) is 4.57. The van der Waals surface area contributed by atoms with Gasteiger partial charge in [-0.3, -0.25) is 14.0 Å². The topological polar surface area (TPSA) is 81.5 Å². The van der Waals surface area contributed by atoms with E-state index in [1.165, 1.54) is 10.2 Å².